The van der Waals surface area contributed by atoms with Crippen LogP contribution in [-0.2, 0) is 0 Å². The predicted molar refractivity (Wildman–Crippen MR) is 87.6 cm³/mol. The molecule has 4 nitrogen and oxygen atoms in total. The van der Waals surface area contributed by atoms with Crippen LogP contribution in [0.5, 0.6) is 0 Å². The zero-order valence-electron chi connectivity index (χ0n) is 11.0. The average Bonchev–Trinajstić information content (AvgIpc) is 3.17. The molecular weight excluding hydrogens is 341 g/mol. The van der Waals surface area contributed by atoms with Crippen molar-refractivity contribution in [1.82, 2.24) is 10.1 Å². The highest BCUT2D eigenvalue weighted by molar-refractivity contribution is 7.13. The molecule has 0 unspecified atom stereocenters. The summed E-state index contributed by atoms with van der Waals surface area (Å²) < 4.78 is 5.16. The third-order valence-electron chi connectivity index (χ3n) is 2.78. The summed E-state index contributed by atoms with van der Waals surface area (Å²) in [5.74, 6) is 0.602. The van der Waals surface area contributed by atoms with E-state index in [0.29, 0.717) is 21.4 Å². The molecule has 0 spiro atoms. The first-order chi connectivity index (χ1) is 10.7. The van der Waals surface area contributed by atoms with Crippen LogP contribution in [0.2, 0.25) is 10.0 Å². The Morgan fingerprint density at radius 2 is 2.18 bits per heavy atom. The SMILES string of the molecule is N#C/C(=C\c1ccc(Cl)cc1Cl)c1nc(-c2cccs2)no1. The Labute approximate surface area is 140 Å². The fraction of sp³-hybridized carbons (Fsp3) is 0. The van der Waals surface area contributed by atoms with Crippen LogP contribution in [0.3, 0.4) is 0 Å². The summed E-state index contributed by atoms with van der Waals surface area (Å²) in [6, 6.07) is 10.8. The Morgan fingerprint density at radius 1 is 1.32 bits per heavy atom. The lowest BCUT2D eigenvalue weighted by atomic mass is 10.1. The first-order valence-corrected chi connectivity index (χ1v) is 7.76. The molecule has 0 fully saturated rings. The van der Waals surface area contributed by atoms with Crippen molar-refractivity contribution in [2.45, 2.75) is 0 Å². The van der Waals surface area contributed by atoms with Crippen LogP contribution in [0.1, 0.15) is 11.5 Å². The van der Waals surface area contributed by atoms with Gasteiger partial charge in [-0.15, -0.1) is 11.3 Å². The summed E-state index contributed by atoms with van der Waals surface area (Å²) in [6.45, 7) is 0. The molecule has 1 aromatic carbocycles. The van der Waals surface area contributed by atoms with Gasteiger partial charge in [0.05, 0.1) is 4.88 Å². The van der Waals surface area contributed by atoms with E-state index in [1.165, 1.54) is 11.3 Å². The van der Waals surface area contributed by atoms with Crippen molar-refractivity contribution in [3.05, 3.63) is 57.2 Å². The number of nitrogens with zero attached hydrogens (tertiary/aromatic N) is 3. The molecule has 2 heterocycles. The summed E-state index contributed by atoms with van der Waals surface area (Å²) in [7, 11) is 0. The lowest BCUT2D eigenvalue weighted by molar-refractivity contribution is 0.409. The van der Waals surface area contributed by atoms with Crippen LogP contribution in [0.25, 0.3) is 22.4 Å². The smallest absolute Gasteiger partial charge is 0.268 e. The maximum absolute atomic E-state index is 9.31. The van der Waals surface area contributed by atoms with Gasteiger partial charge in [0.1, 0.15) is 11.6 Å². The molecule has 7 heteroatoms. The Balaban J connectivity index is 1.98. The number of rotatable bonds is 3. The molecule has 3 rings (SSSR count). The van der Waals surface area contributed by atoms with Gasteiger partial charge in [-0.2, -0.15) is 10.2 Å². The van der Waals surface area contributed by atoms with Crippen LogP contribution in [-0.4, -0.2) is 10.1 Å². The zero-order chi connectivity index (χ0) is 15.5. The van der Waals surface area contributed by atoms with Crippen molar-refractivity contribution in [2.75, 3.05) is 0 Å². The molecule has 0 atom stereocenters. The number of benzene rings is 1. The van der Waals surface area contributed by atoms with E-state index in [1.54, 1.807) is 24.3 Å². The van der Waals surface area contributed by atoms with Crippen LogP contribution >= 0.6 is 34.5 Å². The fourth-order valence-corrected chi connectivity index (χ4v) is 2.87. The molecule has 0 aliphatic carbocycles. The second-order valence-electron chi connectivity index (χ2n) is 4.24. The molecule has 0 bridgehead atoms. The standard InChI is InChI=1S/C15H7Cl2N3OS/c16-11-4-3-9(12(17)7-11)6-10(8-18)15-19-14(20-21-15)13-2-1-5-22-13/h1-7H/b10-6+. The second kappa shape index (κ2) is 6.32. The van der Waals surface area contributed by atoms with Gasteiger partial charge in [-0.3, -0.25) is 0 Å². The number of allylic oxidation sites excluding steroid dienone is 1. The van der Waals surface area contributed by atoms with Gasteiger partial charge >= 0.3 is 0 Å². The van der Waals surface area contributed by atoms with E-state index < -0.39 is 0 Å². The van der Waals surface area contributed by atoms with E-state index in [4.69, 9.17) is 27.7 Å². The normalized spacial score (nSPS) is 11.4. The quantitative estimate of drug-likeness (QED) is 0.613. The van der Waals surface area contributed by atoms with E-state index in [-0.39, 0.29) is 11.5 Å². The molecule has 3 aromatic rings. The van der Waals surface area contributed by atoms with Gasteiger partial charge in [0.2, 0.25) is 5.82 Å². The van der Waals surface area contributed by atoms with Gasteiger partial charge in [-0.05, 0) is 35.2 Å². The van der Waals surface area contributed by atoms with Gasteiger partial charge in [0.15, 0.2) is 0 Å². The van der Waals surface area contributed by atoms with E-state index in [2.05, 4.69) is 10.1 Å². The summed E-state index contributed by atoms with van der Waals surface area (Å²) >= 11 is 13.4. The minimum atomic E-state index is 0.150. The van der Waals surface area contributed by atoms with Crippen molar-refractivity contribution in [3.63, 3.8) is 0 Å². The zero-order valence-corrected chi connectivity index (χ0v) is 13.3. The van der Waals surface area contributed by atoms with Crippen molar-refractivity contribution < 1.29 is 4.52 Å². The number of hydrogen-bond acceptors (Lipinski definition) is 5. The Kier molecular flexibility index (Phi) is 4.25. The van der Waals surface area contributed by atoms with Gasteiger partial charge in [-0.25, -0.2) is 0 Å². The number of halogens is 2. The largest absolute Gasteiger partial charge is 0.333 e. The summed E-state index contributed by atoms with van der Waals surface area (Å²) in [5.41, 5.74) is 0.887. The topological polar surface area (TPSA) is 62.7 Å². The van der Waals surface area contributed by atoms with Crippen molar-refractivity contribution in [3.8, 4) is 16.8 Å². The van der Waals surface area contributed by atoms with E-state index in [1.807, 2.05) is 23.6 Å². The van der Waals surface area contributed by atoms with E-state index in [9.17, 15) is 5.26 Å². The maximum atomic E-state index is 9.31. The minimum Gasteiger partial charge on any atom is -0.333 e. The van der Waals surface area contributed by atoms with Crippen molar-refractivity contribution >= 4 is 46.2 Å². The minimum absolute atomic E-state index is 0.150. The van der Waals surface area contributed by atoms with Gasteiger partial charge in [-0.1, -0.05) is 40.5 Å². The molecule has 0 saturated carbocycles. The van der Waals surface area contributed by atoms with Crippen LogP contribution in [0.15, 0.2) is 40.2 Å². The summed E-state index contributed by atoms with van der Waals surface area (Å²) in [4.78, 5) is 5.11. The molecule has 22 heavy (non-hydrogen) atoms. The number of thiophene rings is 1. The lowest BCUT2D eigenvalue weighted by Crippen LogP contribution is -1.84. The monoisotopic (exact) mass is 347 g/mol. The van der Waals surface area contributed by atoms with Gasteiger partial charge < -0.3 is 4.52 Å². The predicted octanol–water partition coefficient (Wildman–Crippen LogP) is 5.17. The third kappa shape index (κ3) is 3.04. The number of nitriles is 1. The highest BCUT2D eigenvalue weighted by Gasteiger charge is 2.14. The second-order valence-corrected chi connectivity index (χ2v) is 6.03. The molecule has 0 saturated heterocycles. The molecule has 0 amide bonds. The fourth-order valence-electron chi connectivity index (χ4n) is 1.75. The van der Waals surface area contributed by atoms with E-state index >= 15 is 0 Å². The summed E-state index contributed by atoms with van der Waals surface area (Å²) in [5, 5.41) is 16.1. The molecule has 2 aromatic heterocycles. The first-order valence-electron chi connectivity index (χ1n) is 6.12. The van der Waals surface area contributed by atoms with Crippen molar-refractivity contribution in [2.24, 2.45) is 0 Å². The summed E-state index contributed by atoms with van der Waals surface area (Å²) in [6.07, 6.45) is 1.59. The van der Waals surface area contributed by atoms with Crippen LogP contribution in [0, 0.1) is 11.3 Å². The van der Waals surface area contributed by atoms with E-state index in [0.717, 1.165) is 4.88 Å². The molecule has 0 radical (unpaired) electrons. The van der Waals surface area contributed by atoms with Crippen LogP contribution < -0.4 is 0 Å². The average molecular weight is 348 g/mol. The van der Waals surface area contributed by atoms with Crippen molar-refractivity contribution in [1.29, 1.82) is 5.26 Å². The highest BCUT2D eigenvalue weighted by Crippen LogP contribution is 2.27. The maximum Gasteiger partial charge on any atom is 0.268 e. The highest BCUT2D eigenvalue weighted by atomic mass is 35.5. The Hall–Kier alpha value is -2.13. The first kappa shape index (κ1) is 14.8. The molecule has 108 valence electrons. The lowest BCUT2D eigenvalue weighted by Gasteiger charge is -1.99. The van der Waals surface area contributed by atoms with Gasteiger partial charge in [0, 0.05) is 10.0 Å². The number of hydrogen-bond donors (Lipinski definition) is 0. The molecule has 0 aliphatic heterocycles. The Morgan fingerprint density at radius 3 is 2.86 bits per heavy atom. The Bertz CT molecular complexity index is 879. The number of aromatic nitrogens is 2. The molecular formula is C15H7Cl2N3OS. The molecule has 0 N–H and O–H groups in total. The third-order valence-corrected chi connectivity index (χ3v) is 4.21. The molecule has 0 aliphatic rings. The van der Waals surface area contributed by atoms with Crippen LogP contribution in [0.4, 0.5) is 0 Å². The van der Waals surface area contributed by atoms with Gasteiger partial charge in [0.25, 0.3) is 5.89 Å².